The van der Waals surface area contributed by atoms with E-state index < -0.39 is 14.7 Å². The summed E-state index contributed by atoms with van der Waals surface area (Å²) < 4.78 is 46.9. The van der Waals surface area contributed by atoms with Gasteiger partial charge in [0.1, 0.15) is 23.0 Å². The molecular weight excluding hydrogens is 598 g/mol. The van der Waals surface area contributed by atoms with Crippen LogP contribution >= 0.6 is 14.7 Å². The molecule has 220 valence electrons. The molecule has 6 aromatic carbocycles. The molecule has 2 aliphatic heterocycles. The smallest absolute Gasteiger partial charge is 0.282 e. The molecule has 0 bridgehead atoms. The van der Waals surface area contributed by atoms with Crippen LogP contribution in [0.3, 0.4) is 0 Å². The molecule has 0 N–H and O–H groups in total. The van der Waals surface area contributed by atoms with Gasteiger partial charge in [-0.05, 0) is 70.8 Å². The molecule has 0 saturated heterocycles. The van der Waals surface area contributed by atoms with E-state index in [-0.39, 0.29) is 12.3 Å². The second-order valence-electron chi connectivity index (χ2n) is 11.3. The number of fused-ring (bicyclic) bond motifs is 6. The largest absolute Gasteiger partial charge is 0.457 e. The summed E-state index contributed by atoms with van der Waals surface area (Å²) in [6.07, 6.45) is 0.562. The summed E-state index contributed by atoms with van der Waals surface area (Å²) in [5.74, 6) is 2.62. The number of ether oxygens (including phenoxy) is 1. The quantitative estimate of drug-likeness (QED) is 0.172. The Morgan fingerprint density at radius 3 is 1.20 bits per heavy atom. The number of hydrogen-bond donors (Lipinski definition) is 0. The molecule has 0 amide bonds. The summed E-state index contributed by atoms with van der Waals surface area (Å²) in [4.78, 5) is 0. The molecule has 7 heteroatoms. The lowest BCUT2D eigenvalue weighted by Crippen LogP contribution is -2.18. The first-order valence-corrected chi connectivity index (χ1v) is 18.4. The van der Waals surface area contributed by atoms with Crippen molar-refractivity contribution in [3.05, 3.63) is 157 Å². The standard InChI is InChI=1S/C38H28O5P2/c39-44(37-15-7-3-11-33(37)31-9-1-5-13-35(31)42-44)25-27-17-21-29(22-18-27)41-30-23-19-28(20-24-30)26-45(40)38-16-8-4-12-34(38)32-10-2-6-14-36(32)43-45/h1-24H,25-26H2. The highest BCUT2D eigenvalue weighted by atomic mass is 31.2. The zero-order valence-corrected chi connectivity index (χ0v) is 26.0. The fraction of sp³-hybridized carbons (Fsp3) is 0.0526. The molecule has 0 saturated carbocycles. The lowest BCUT2D eigenvalue weighted by molar-refractivity contribution is 0.481. The Morgan fingerprint density at radius 1 is 0.422 bits per heavy atom. The first-order chi connectivity index (χ1) is 22.0. The fourth-order valence-electron chi connectivity index (χ4n) is 6.13. The monoisotopic (exact) mass is 626 g/mol. The van der Waals surface area contributed by atoms with Crippen LogP contribution in [0.5, 0.6) is 23.0 Å². The molecule has 0 aromatic heterocycles. The van der Waals surface area contributed by atoms with Gasteiger partial charge in [0.05, 0.1) is 22.9 Å². The Kier molecular flexibility index (Phi) is 6.75. The Morgan fingerprint density at radius 2 is 0.778 bits per heavy atom. The van der Waals surface area contributed by atoms with E-state index in [1.165, 1.54) is 0 Å². The maximum atomic E-state index is 14.2. The third-order valence-corrected chi connectivity index (χ3v) is 13.0. The summed E-state index contributed by atoms with van der Waals surface area (Å²) in [7, 11) is -6.36. The molecule has 0 fully saturated rings. The molecule has 2 atom stereocenters. The first-order valence-electron chi connectivity index (χ1n) is 14.8. The minimum Gasteiger partial charge on any atom is -0.457 e. The second kappa shape index (κ2) is 11.0. The number of hydrogen-bond acceptors (Lipinski definition) is 5. The van der Waals surface area contributed by atoms with E-state index in [4.69, 9.17) is 13.8 Å². The Bertz CT molecular complexity index is 2000. The molecule has 8 rings (SSSR count). The van der Waals surface area contributed by atoms with Gasteiger partial charge in [-0.1, -0.05) is 97.1 Å². The summed E-state index contributed by atoms with van der Waals surface area (Å²) in [6, 6.07) is 46.3. The zero-order valence-electron chi connectivity index (χ0n) is 24.2. The molecule has 5 nitrogen and oxygen atoms in total. The van der Waals surface area contributed by atoms with Crippen molar-refractivity contribution in [3.63, 3.8) is 0 Å². The van der Waals surface area contributed by atoms with Gasteiger partial charge >= 0.3 is 0 Å². The highest BCUT2D eigenvalue weighted by Crippen LogP contribution is 2.57. The van der Waals surface area contributed by atoms with Crippen molar-refractivity contribution in [2.24, 2.45) is 0 Å². The topological polar surface area (TPSA) is 61.8 Å². The highest BCUT2D eigenvalue weighted by Gasteiger charge is 2.37. The van der Waals surface area contributed by atoms with Crippen LogP contribution in [0.1, 0.15) is 11.1 Å². The van der Waals surface area contributed by atoms with Crippen molar-refractivity contribution in [1.82, 2.24) is 0 Å². The molecule has 0 aliphatic carbocycles. The second-order valence-corrected chi connectivity index (χ2v) is 15.9. The van der Waals surface area contributed by atoms with Crippen molar-refractivity contribution in [3.8, 4) is 45.3 Å². The van der Waals surface area contributed by atoms with Crippen LogP contribution in [0.25, 0.3) is 22.3 Å². The summed E-state index contributed by atoms with van der Waals surface area (Å²) in [5.41, 5.74) is 5.63. The van der Waals surface area contributed by atoms with Gasteiger partial charge in [-0.2, -0.15) is 0 Å². The maximum Gasteiger partial charge on any atom is 0.282 e. The molecule has 45 heavy (non-hydrogen) atoms. The molecule has 0 spiro atoms. The van der Waals surface area contributed by atoms with Gasteiger partial charge in [0.2, 0.25) is 0 Å². The van der Waals surface area contributed by atoms with Crippen LogP contribution < -0.4 is 24.4 Å². The molecular formula is C38H28O5P2. The molecule has 0 radical (unpaired) electrons. The first kappa shape index (κ1) is 27.7. The van der Waals surface area contributed by atoms with Crippen LogP contribution in [0.4, 0.5) is 0 Å². The van der Waals surface area contributed by atoms with Crippen LogP contribution in [-0.4, -0.2) is 0 Å². The minimum absolute atomic E-state index is 0.281. The lowest BCUT2D eigenvalue weighted by Gasteiger charge is -2.28. The molecule has 2 unspecified atom stereocenters. The predicted octanol–water partition coefficient (Wildman–Crippen LogP) is 9.80. The number of benzene rings is 6. The Hall–Kier alpha value is -4.82. The average Bonchev–Trinajstić information content (AvgIpc) is 3.07. The van der Waals surface area contributed by atoms with E-state index in [9.17, 15) is 9.13 Å². The van der Waals surface area contributed by atoms with Crippen molar-refractivity contribution >= 4 is 25.3 Å². The number of rotatable bonds is 6. The number of para-hydroxylation sites is 2. The van der Waals surface area contributed by atoms with Crippen LogP contribution in [0.15, 0.2) is 146 Å². The van der Waals surface area contributed by atoms with Gasteiger partial charge in [-0.3, -0.25) is 9.13 Å². The molecule has 6 aromatic rings. The summed E-state index contributed by atoms with van der Waals surface area (Å²) in [5, 5.41) is 1.50. The third kappa shape index (κ3) is 5.09. The van der Waals surface area contributed by atoms with Gasteiger partial charge in [0.15, 0.2) is 0 Å². The van der Waals surface area contributed by atoms with Crippen LogP contribution in [0, 0.1) is 0 Å². The van der Waals surface area contributed by atoms with Crippen molar-refractivity contribution in [1.29, 1.82) is 0 Å². The van der Waals surface area contributed by atoms with Crippen LogP contribution in [-0.2, 0) is 21.5 Å². The third-order valence-electron chi connectivity index (χ3n) is 8.25. The summed E-state index contributed by atoms with van der Waals surface area (Å²) >= 11 is 0. The van der Waals surface area contributed by atoms with Gasteiger partial charge in [0.25, 0.3) is 14.7 Å². The normalized spacial score (nSPS) is 19.1. The Balaban J connectivity index is 0.973. The van der Waals surface area contributed by atoms with Gasteiger partial charge in [-0.15, -0.1) is 0 Å². The lowest BCUT2D eigenvalue weighted by atomic mass is 10.0. The van der Waals surface area contributed by atoms with E-state index in [1.54, 1.807) is 0 Å². The molecule has 2 heterocycles. The van der Waals surface area contributed by atoms with E-state index in [1.807, 2.05) is 146 Å². The predicted molar refractivity (Wildman–Crippen MR) is 180 cm³/mol. The van der Waals surface area contributed by atoms with Gasteiger partial charge in [-0.25, -0.2) is 0 Å². The van der Waals surface area contributed by atoms with E-state index in [2.05, 4.69) is 0 Å². The van der Waals surface area contributed by atoms with Gasteiger partial charge in [0, 0.05) is 11.1 Å². The highest BCUT2D eigenvalue weighted by molar-refractivity contribution is 7.67. The van der Waals surface area contributed by atoms with Crippen molar-refractivity contribution in [2.75, 3.05) is 0 Å². The Labute approximate surface area is 262 Å². The fourth-order valence-corrected chi connectivity index (χ4v) is 10.9. The average molecular weight is 627 g/mol. The van der Waals surface area contributed by atoms with Gasteiger partial charge < -0.3 is 13.8 Å². The molecule has 2 aliphatic rings. The van der Waals surface area contributed by atoms with E-state index in [0.717, 1.165) is 44.0 Å². The van der Waals surface area contributed by atoms with Crippen LogP contribution in [0.2, 0.25) is 0 Å². The maximum absolute atomic E-state index is 14.2. The zero-order chi connectivity index (χ0) is 30.4. The van der Waals surface area contributed by atoms with E-state index in [0.29, 0.717) is 23.0 Å². The van der Waals surface area contributed by atoms with E-state index >= 15 is 0 Å². The summed E-state index contributed by atoms with van der Waals surface area (Å²) in [6.45, 7) is 0. The SMILES string of the molecule is O=P1(Cc2ccc(Oc3ccc(CP4(=O)Oc5ccccc5-c5ccccc54)cc3)cc2)Oc2ccccc2-c2ccccc21. The van der Waals surface area contributed by atoms with Crippen molar-refractivity contribution in [2.45, 2.75) is 12.3 Å². The minimum atomic E-state index is -3.18. The van der Waals surface area contributed by atoms with Crippen molar-refractivity contribution < 1.29 is 22.9 Å².